The highest BCUT2D eigenvalue weighted by atomic mass is 16.3. The summed E-state index contributed by atoms with van der Waals surface area (Å²) in [4.78, 5) is 0. The number of phenolic OH excluding ortho intramolecular Hbond substituents is 1. The highest BCUT2D eigenvalue weighted by Gasteiger charge is 2.20. The smallest absolute Gasteiger partial charge is 0.115 e. The lowest BCUT2D eigenvalue weighted by atomic mass is 9.87. The molecule has 0 radical (unpaired) electrons. The Hall–Kier alpha value is -2.47. The molecule has 3 rings (SSSR count). The van der Waals surface area contributed by atoms with Crippen LogP contribution in [-0.2, 0) is 6.42 Å². The Kier molecular flexibility index (Phi) is 3.30. The normalized spacial score (nSPS) is 17.1. The standard InChI is InChI=1S/C17H16N2O/c18-11-12-3-1-5-14(9-12)19-17-6-2-4-13-10-15(20)7-8-16(13)17/h1,3,5,7-10,17,19-20H,2,4,6H2. The molecule has 0 spiro atoms. The molecule has 2 aromatic rings. The first kappa shape index (κ1) is 12.6. The molecule has 1 aliphatic rings. The Bertz CT molecular complexity index is 673. The summed E-state index contributed by atoms with van der Waals surface area (Å²) in [6.45, 7) is 0. The molecule has 0 aliphatic heterocycles. The SMILES string of the molecule is N#Cc1cccc(NC2CCCc3cc(O)ccc32)c1. The van der Waals surface area contributed by atoms with E-state index in [4.69, 9.17) is 5.26 Å². The molecule has 0 heterocycles. The zero-order valence-electron chi connectivity index (χ0n) is 11.1. The molecule has 1 unspecified atom stereocenters. The third-order valence-corrected chi connectivity index (χ3v) is 3.77. The summed E-state index contributed by atoms with van der Waals surface area (Å²) in [6, 6.07) is 15.5. The summed E-state index contributed by atoms with van der Waals surface area (Å²) in [7, 11) is 0. The van der Waals surface area contributed by atoms with Crippen LogP contribution in [0.5, 0.6) is 5.75 Å². The number of phenols is 1. The van der Waals surface area contributed by atoms with Crippen LogP contribution in [0.2, 0.25) is 0 Å². The minimum Gasteiger partial charge on any atom is -0.508 e. The molecule has 0 bridgehead atoms. The first-order valence-electron chi connectivity index (χ1n) is 6.85. The molecule has 0 aromatic heterocycles. The third kappa shape index (κ3) is 2.46. The molecule has 100 valence electrons. The molecule has 3 heteroatoms. The maximum Gasteiger partial charge on any atom is 0.115 e. The number of aryl methyl sites for hydroxylation is 1. The molecule has 2 N–H and O–H groups in total. The van der Waals surface area contributed by atoms with Crippen LogP contribution in [0.3, 0.4) is 0 Å². The third-order valence-electron chi connectivity index (χ3n) is 3.77. The number of fused-ring (bicyclic) bond motifs is 1. The summed E-state index contributed by atoms with van der Waals surface area (Å²) in [6.07, 6.45) is 3.18. The van der Waals surface area contributed by atoms with Gasteiger partial charge in [-0.15, -0.1) is 0 Å². The Morgan fingerprint density at radius 2 is 2.10 bits per heavy atom. The number of rotatable bonds is 2. The minimum absolute atomic E-state index is 0.244. The van der Waals surface area contributed by atoms with Gasteiger partial charge in [-0.25, -0.2) is 0 Å². The van der Waals surface area contributed by atoms with Crippen molar-refractivity contribution in [3.63, 3.8) is 0 Å². The van der Waals surface area contributed by atoms with Crippen molar-refractivity contribution < 1.29 is 5.11 Å². The van der Waals surface area contributed by atoms with Gasteiger partial charge >= 0.3 is 0 Å². The lowest BCUT2D eigenvalue weighted by Gasteiger charge is -2.27. The molecule has 2 aromatic carbocycles. The van der Waals surface area contributed by atoms with Crippen molar-refractivity contribution in [1.29, 1.82) is 5.26 Å². The lowest BCUT2D eigenvalue weighted by molar-refractivity contribution is 0.472. The van der Waals surface area contributed by atoms with Crippen molar-refractivity contribution in [3.8, 4) is 11.8 Å². The molecular formula is C17H16N2O. The first-order valence-corrected chi connectivity index (χ1v) is 6.85. The molecule has 1 aliphatic carbocycles. The van der Waals surface area contributed by atoms with Gasteiger partial charge in [-0.3, -0.25) is 0 Å². The lowest BCUT2D eigenvalue weighted by Crippen LogP contribution is -2.17. The van der Waals surface area contributed by atoms with Crippen LogP contribution in [0.25, 0.3) is 0 Å². The van der Waals surface area contributed by atoms with Gasteiger partial charge in [0.1, 0.15) is 5.75 Å². The van der Waals surface area contributed by atoms with Crippen molar-refractivity contribution in [2.45, 2.75) is 25.3 Å². The fraction of sp³-hybridized carbons (Fsp3) is 0.235. The number of nitrogens with one attached hydrogen (secondary N) is 1. The van der Waals surface area contributed by atoms with E-state index in [0.29, 0.717) is 11.3 Å². The number of hydrogen-bond donors (Lipinski definition) is 2. The molecule has 3 nitrogen and oxygen atoms in total. The summed E-state index contributed by atoms with van der Waals surface area (Å²) < 4.78 is 0. The number of nitriles is 1. The van der Waals surface area contributed by atoms with E-state index in [1.165, 1.54) is 11.1 Å². The van der Waals surface area contributed by atoms with Crippen LogP contribution in [0.4, 0.5) is 5.69 Å². The Morgan fingerprint density at radius 3 is 2.95 bits per heavy atom. The number of benzene rings is 2. The second-order valence-electron chi connectivity index (χ2n) is 5.16. The Labute approximate surface area is 118 Å². The number of aromatic hydroxyl groups is 1. The zero-order valence-corrected chi connectivity index (χ0v) is 11.1. The van der Waals surface area contributed by atoms with Gasteiger partial charge in [-0.2, -0.15) is 5.26 Å². The summed E-state index contributed by atoms with van der Waals surface area (Å²) >= 11 is 0. The maximum atomic E-state index is 9.58. The second kappa shape index (κ2) is 5.26. The predicted octanol–water partition coefficient (Wildman–Crippen LogP) is 3.75. The van der Waals surface area contributed by atoms with E-state index in [2.05, 4.69) is 11.4 Å². The first-order chi connectivity index (χ1) is 9.76. The predicted molar refractivity (Wildman–Crippen MR) is 78.6 cm³/mol. The van der Waals surface area contributed by atoms with Crippen molar-refractivity contribution in [1.82, 2.24) is 0 Å². The van der Waals surface area contributed by atoms with E-state index in [1.54, 1.807) is 12.1 Å². The highest BCUT2D eigenvalue weighted by Crippen LogP contribution is 2.34. The van der Waals surface area contributed by atoms with Gasteiger partial charge in [-0.1, -0.05) is 12.1 Å². The second-order valence-corrected chi connectivity index (χ2v) is 5.16. The highest BCUT2D eigenvalue weighted by molar-refractivity contribution is 5.52. The van der Waals surface area contributed by atoms with E-state index in [9.17, 15) is 5.11 Å². The van der Waals surface area contributed by atoms with E-state index < -0.39 is 0 Å². The van der Waals surface area contributed by atoms with E-state index >= 15 is 0 Å². The fourth-order valence-electron chi connectivity index (χ4n) is 2.83. The van der Waals surface area contributed by atoms with E-state index in [0.717, 1.165) is 24.9 Å². The zero-order chi connectivity index (χ0) is 13.9. The largest absolute Gasteiger partial charge is 0.508 e. The number of anilines is 1. The van der Waals surface area contributed by atoms with Crippen LogP contribution in [0, 0.1) is 11.3 Å². The minimum atomic E-state index is 0.244. The van der Waals surface area contributed by atoms with Crippen LogP contribution >= 0.6 is 0 Å². The van der Waals surface area contributed by atoms with Gasteiger partial charge in [0.2, 0.25) is 0 Å². The van der Waals surface area contributed by atoms with Crippen molar-refractivity contribution >= 4 is 5.69 Å². The van der Waals surface area contributed by atoms with Crippen LogP contribution in [0.1, 0.15) is 35.6 Å². The van der Waals surface area contributed by atoms with Crippen molar-refractivity contribution in [2.75, 3.05) is 5.32 Å². The van der Waals surface area contributed by atoms with Crippen LogP contribution < -0.4 is 5.32 Å². The molecule has 0 saturated heterocycles. The van der Waals surface area contributed by atoms with Gasteiger partial charge < -0.3 is 10.4 Å². The summed E-state index contributed by atoms with van der Waals surface area (Å²) in [5, 5.41) is 22.0. The Morgan fingerprint density at radius 1 is 1.20 bits per heavy atom. The molecule has 1 atom stereocenters. The molecule has 20 heavy (non-hydrogen) atoms. The average Bonchev–Trinajstić information content (AvgIpc) is 2.47. The molecule has 0 amide bonds. The van der Waals surface area contributed by atoms with Gasteiger partial charge in [-0.05, 0) is 60.7 Å². The van der Waals surface area contributed by atoms with Gasteiger partial charge in [0, 0.05) is 5.69 Å². The number of hydrogen-bond acceptors (Lipinski definition) is 3. The van der Waals surface area contributed by atoms with Gasteiger partial charge in [0.25, 0.3) is 0 Å². The van der Waals surface area contributed by atoms with Crippen LogP contribution in [0.15, 0.2) is 42.5 Å². The van der Waals surface area contributed by atoms with Gasteiger partial charge in [0.05, 0.1) is 17.7 Å². The van der Waals surface area contributed by atoms with Gasteiger partial charge in [0.15, 0.2) is 0 Å². The van der Waals surface area contributed by atoms with Crippen LogP contribution in [-0.4, -0.2) is 5.11 Å². The quantitative estimate of drug-likeness (QED) is 0.868. The van der Waals surface area contributed by atoms with Crippen molar-refractivity contribution in [2.24, 2.45) is 0 Å². The number of nitrogens with zero attached hydrogens (tertiary/aromatic N) is 1. The summed E-state index contributed by atoms with van der Waals surface area (Å²) in [5.41, 5.74) is 4.09. The molecule has 0 saturated carbocycles. The van der Waals surface area contributed by atoms with Crippen molar-refractivity contribution in [3.05, 3.63) is 59.2 Å². The Balaban J connectivity index is 1.88. The van der Waals surface area contributed by atoms with E-state index in [1.807, 2.05) is 30.3 Å². The average molecular weight is 264 g/mol. The monoisotopic (exact) mass is 264 g/mol. The molecular weight excluding hydrogens is 248 g/mol. The fourth-order valence-corrected chi connectivity index (χ4v) is 2.83. The maximum absolute atomic E-state index is 9.58. The topological polar surface area (TPSA) is 56.0 Å². The summed E-state index contributed by atoms with van der Waals surface area (Å²) in [5.74, 6) is 0.330. The van der Waals surface area contributed by atoms with E-state index in [-0.39, 0.29) is 6.04 Å². The molecule has 0 fully saturated rings.